The minimum atomic E-state index is 0.313. The average Bonchev–Trinajstić information content (AvgIpc) is 3.06. The largest absolute Gasteiger partial charge is 0.376 e. The number of fused-ring (bicyclic) bond motifs is 1. The molecule has 2 unspecified atom stereocenters. The number of benzene rings is 1. The zero-order valence-electron chi connectivity index (χ0n) is 11.1. The highest BCUT2D eigenvalue weighted by Crippen LogP contribution is 2.45. The predicted octanol–water partition coefficient (Wildman–Crippen LogP) is 4.17. The molecule has 1 aliphatic carbocycles. The molecule has 0 radical (unpaired) electrons. The van der Waals surface area contributed by atoms with Crippen LogP contribution in [0, 0.1) is 5.92 Å². The van der Waals surface area contributed by atoms with Crippen LogP contribution >= 0.6 is 23.2 Å². The number of ether oxygens (including phenoxy) is 1. The summed E-state index contributed by atoms with van der Waals surface area (Å²) in [5.41, 5.74) is 1.93. The number of rotatable bonds is 3. The van der Waals surface area contributed by atoms with Crippen LogP contribution in [0.4, 0.5) is 0 Å². The first-order chi connectivity index (χ1) is 9.79. The number of hydrogen-bond donors (Lipinski definition) is 0. The molecule has 1 aliphatic heterocycles. The summed E-state index contributed by atoms with van der Waals surface area (Å²) in [7, 11) is 0. The molecular weight excluding hydrogens is 295 g/mol. The van der Waals surface area contributed by atoms with Crippen molar-refractivity contribution in [2.24, 2.45) is 5.92 Å². The second kappa shape index (κ2) is 4.90. The molecule has 0 amide bonds. The number of hydrogen-bond acceptors (Lipinski definition) is 2. The van der Waals surface area contributed by atoms with E-state index in [0.717, 1.165) is 29.9 Å². The molecule has 5 heteroatoms. The Kier molecular flexibility index (Phi) is 3.17. The molecule has 0 spiro atoms. The van der Waals surface area contributed by atoms with Crippen molar-refractivity contribution in [3.05, 3.63) is 29.0 Å². The predicted molar refractivity (Wildman–Crippen MR) is 80.4 cm³/mol. The van der Waals surface area contributed by atoms with E-state index >= 15 is 0 Å². The van der Waals surface area contributed by atoms with Crippen LogP contribution in [-0.2, 0) is 10.6 Å². The highest BCUT2D eigenvalue weighted by Gasteiger charge is 2.42. The maximum absolute atomic E-state index is 6.27. The van der Waals surface area contributed by atoms with Crippen molar-refractivity contribution in [1.29, 1.82) is 0 Å². The molecule has 0 N–H and O–H groups in total. The minimum Gasteiger partial charge on any atom is -0.376 e. The molecule has 2 heterocycles. The Morgan fingerprint density at radius 2 is 2.15 bits per heavy atom. The maximum Gasteiger partial charge on any atom is 0.125 e. The number of imidazole rings is 1. The lowest BCUT2D eigenvalue weighted by molar-refractivity contribution is 0.0754. The second-order valence-electron chi connectivity index (χ2n) is 5.67. The van der Waals surface area contributed by atoms with Crippen molar-refractivity contribution in [2.45, 2.75) is 37.3 Å². The normalized spacial score (nSPS) is 26.5. The van der Waals surface area contributed by atoms with E-state index in [4.69, 9.17) is 27.9 Å². The molecule has 1 saturated carbocycles. The Balaban J connectivity index is 1.87. The van der Waals surface area contributed by atoms with E-state index in [2.05, 4.69) is 15.6 Å². The first-order valence-electron chi connectivity index (χ1n) is 7.12. The van der Waals surface area contributed by atoms with Gasteiger partial charge in [-0.3, -0.25) is 0 Å². The highest BCUT2D eigenvalue weighted by molar-refractivity contribution is 6.35. The van der Waals surface area contributed by atoms with E-state index in [9.17, 15) is 0 Å². The molecule has 3 nitrogen and oxygen atoms in total. The third kappa shape index (κ3) is 1.95. The van der Waals surface area contributed by atoms with Crippen LogP contribution < -0.4 is 0 Å². The standard InChI is InChI=1S/C15H16Cl2N2O/c16-8-13-18-14-10(17)2-1-3-11(14)19(13)12-6-7-20-15(12)9-4-5-9/h1-3,9,12,15H,4-8H2. The van der Waals surface area contributed by atoms with Crippen LogP contribution in [0.3, 0.4) is 0 Å². The van der Waals surface area contributed by atoms with Crippen molar-refractivity contribution in [3.63, 3.8) is 0 Å². The minimum absolute atomic E-state index is 0.313. The summed E-state index contributed by atoms with van der Waals surface area (Å²) in [5.74, 6) is 2.01. The zero-order chi connectivity index (χ0) is 13.7. The molecule has 4 rings (SSSR count). The van der Waals surface area contributed by atoms with E-state index in [1.165, 1.54) is 12.8 Å². The first kappa shape index (κ1) is 12.9. The van der Waals surface area contributed by atoms with Gasteiger partial charge in [-0.15, -0.1) is 11.6 Å². The molecule has 1 aromatic carbocycles. The Morgan fingerprint density at radius 3 is 2.90 bits per heavy atom. The smallest absolute Gasteiger partial charge is 0.125 e. The maximum atomic E-state index is 6.27. The zero-order valence-corrected chi connectivity index (χ0v) is 12.6. The molecule has 2 atom stereocenters. The summed E-state index contributed by atoms with van der Waals surface area (Å²) >= 11 is 12.4. The summed E-state index contributed by atoms with van der Waals surface area (Å²) in [6, 6.07) is 6.28. The van der Waals surface area contributed by atoms with Gasteiger partial charge >= 0.3 is 0 Å². The molecule has 2 fully saturated rings. The van der Waals surface area contributed by atoms with Gasteiger partial charge in [0.2, 0.25) is 0 Å². The van der Waals surface area contributed by atoms with Crippen molar-refractivity contribution in [3.8, 4) is 0 Å². The van der Waals surface area contributed by atoms with E-state index < -0.39 is 0 Å². The lowest BCUT2D eigenvalue weighted by Gasteiger charge is -2.22. The summed E-state index contributed by atoms with van der Waals surface area (Å²) < 4.78 is 8.24. The molecule has 20 heavy (non-hydrogen) atoms. The number of halogens is 2. The van der Waals surface area contributed by atoms with Gasteiger partial charge in [0.05, 0.1) is 28.6 Å². The summed E-state index contributed by atoms with van der Waals surface area (Å²) in [6.07, 6.45) is 3.91. The Bertz CT molecular complexity index is 651. The van der Waals surface area contributed by atoms with Gasteiger partial charge in [-0.2, -0.15) is 0 Å². The van der Waals surface area contributed by atoms with Gasteiger partial charge in [0, 0.05) is 6.61 Å². The molecule has 1 aromatic heterocycles. The molecule has 2 aromatic rings. The van der Waals surface area contributed by atoms with Gasteiger partial charge in [0.1, 0.15) is 11.3 Å². The van der Waals surface area contributed by atoms with Crippen LogP contribution in [0.5, 0.6) is 0 Å². The lowest BCUT2D eigenvalue weighted by atomic mass is 10.1. The number of aromatic nitrogens is 2. The lowest BCUT2D eigenvalue weighted by Crippen LogP contribution is -2.23. The van der Waals surface area contributed by atoms with Gasteiger partial charge in [-0.05, 0) is 37.3 Å². The summed E-state index contributed by atoms with van der Waals surface area (Å²) in [6.45, 7) is 0.827. The molecule has 106 valence electrons. The van der Waals surface area contributed by atoms with Crippen LogP contribution in [0.15, 0.2) is 18.2 Å². The third-order valence-electron chi connectivity index (χ3n) is 4.38. The molecule has 0 bridgehead atoms. The SMILES string of the molecule is ClCc1nc2c(Cl)cccc2n1C1CCOC1C1CC1. The van der Waals surface area contributed by atoms with E-state index in [0.29, 0.717) is 29.0 Å². The Hall–Kier alpha value is -0.770. The van der Waals surface area contributed by atoms with E-state index in [1.807, 2.05) is 12.1 Å². The fraction of sp³-hybridized carbons (Fsp3) is 0.533. The number of alkyl halides is 1. The fourth-order valence-corrected chi connectivity index (χ4v) is 3.75. The van der Waals surface area contributed by atoms with Gasteiger partial charge in [-0.25, -0.2) is 4.98 Å². The first-order valence-corrected chi connectivity index (χ1v) is 8.03. The topological polar surface area (TPSA) is 27.1 Å². The summed E-state index contributed by atoms with van der Waals surface area (Å²) in [5, 5.41) is 0.689. The van der Waals surface area contributed by atoms with Crippen LogP contribution in [0.25, 0.3) is 11.0 Å². The van der Waals surface area contributed by atoms with Gasteiger partial charge in [-0.1, -0.05) is 17.7 Å². The molecule has 2 aliphatic rings. The molecular formula is C15H16Cl2N2O. The quantitative estimate of drug-likeness (QED) is 0.796. The van der Waals surface area contributed by atoms with Crippen molar-refractivity contribution in [2.75, 3.05) is 6.61 Å². The number of nitrogens with zero attached hydrogens (tertiary/aromatic N) is 2. The second-order valence-corrected chi connectivity index (χ2v) is 6.34. The Labute approximate surface area is 127 Å². The van der Waals surface area contributed by atoms with Gasteiger partial charge in [0.15, 0.2) is 0 Å². The van der Waals surface area contributed by atoms with Crippen molar-refractivity contribution in [1.82, 2.24) is 9.55 Å². The fourth-order valence-electron chi connectivity index (χ4n) is 3.35. The highest BCUT2D eigenvalue weighted by atomic mass is 35.5. The summed E-state index contributed by atoms with van der Waals surface area (Å²) in [4.78, 5) is 4.63. The van der Waals surface area contributed by atoms with Crippen molar-refractivity contribution >= 4 is 34.2 Å². The average molecular weight is 311 g/mol. The van der Waals surface area contributed by atoms with Crippen LogP contribution in [0.2, 0.25) is 5.02 Å². The van der Waals surface area contributed by atoms with E-state index in [1.54, 1.807) is 0 Å². The Morgan fingerprint density at radius 1 is 1.30 bits per heavy atom. The van der Waals surface area contributed by atoms with Gasteiger partial charge < -0.3 is 9.30 Å². The van der Waals surface area contributed by atoms with Crippen LogP contribution in [-0.4, -0.2) is 22.3 Å². The van der Waals surface area contributed by atoms with Crippen LogP contribution in [0.1, 0.15) is 31.1 Å². The number of para-hydroxylation sites is 1. The molecule has 1 saturated heterocycles. The third-order valence-corrected chi connectivity index (χ3v) is 4.93. The van der Waals surface area contributed by atoms with Gasteiger partial charge in [0.25, 0.3) is 0 Å². The van der Waals surface area contributed by atoms with E-state index in [-0.39, 0.29) is 0 Å². The monoisotopic (exact) mass is 310 g/mol. The van der Waals surface area contributed by atoms with Crippen molar-refractivity contribution < 1.29 is 4.74 Å².